The molecule has 0 radical (unpaired) electrons. The van der Waals surface area contributed by atoms with E-state index >= 15 is 0 Å². The van der Waals surface area contributed by atoms with E-state index in [1.54, 1.807) is 72.8 Å². The molecule has 7 nitrogen and oxygen atoms in total. The molecular weight excluding hydrogens is 420 g/mol. The van der Waals surface area contributed by atoms with Crippen LogP contribution in [-0.4, -0.2) is 31.5 Å². The molecule has 3 aromatic carbocycles. The zero-order valence-corrected chi connectivity index (χ0v) is 17.3. The Bertz CT molecular complexity index is 1100. The van der Waals surface area contributed by atoms with Crippen molar-refractivity contribution in [2.24, 2.45) is 0 Å². The predicted molar refractivity (Wildman–Crippen MR) is 118 cm³/mol. The molecule has 0 aliphatic carbocycles. The van der Waals surface area contributed by atoms with Gasteiger partial charge in [-0.3, -0.25) is 9.59 Å². The Balaban J connectivity index is 1.59. The van der Waals surface area contributed by atoms with Crippen molar-refractivity contribution in [2.75, 3.05) is 24.4 Å². The van der Waals surface area contributed by atoms with Crippen LogP contribution in [0.1, 0.15) is 20.7 Å². The van der Waals surface area contributed by atoms with Gasteiger partial charge in [0.15, 0.2) is 6.61 Å². The van der Waals surface area contributed by atoms with Crippen LogP contribution in [0, 0.1) is 0 Å². The summed E-state index contributed by atoms with van der Waals surface area (Å²) in [4.78, 5) is 36.4. The van der Waals surface area contributed by atoms with E-state index in [-0.39, 0.29) is 18.1 Å². The van der Waals surface area contributed by atoms with Gasteiger partial charge in [-0.05, 0) is 48.5 Å². The highest BCUT2D eigenvalue weighted by molar-refractivity contribution is 6.32. The van der Waals surface area contributed by atoms with Gasteiger partial charge in [-0.1, -0.05) is 35.9 Å². The summed E-state index contributed by atoms with van der Waals surface area (Å²) in [5, 5.41) is 5.78. The van der Waals surface area contributed by atoms with Crippen molar-refractivity contribution in [1.82, 2.24) is 0 Å². The van der Waals surface area contributed by atoms with Crippen LogP contribution in [0.25, 0.3) is 0 Å². The number of hydrogen-bond acceptors (Lipinski definition) is 5. The number of benzene rings is 3. The van der Waals surface area contributed by atoms with Crippen molar-refractivity contribution in [2.45, 2.75) is 0 Å². The molecule has 0 spiro atoms. The Morgan fingerprint density at radius 1 is 0.871 bits per heavy atom. The topological polar surface area (TPSA) is 93.7 Å². The minimum absolute atomic E-state index is 0.212. The van der Waals surface area contributed by atoms with Crippen LogP contribution >= 0.6 is 11.6 Å². The molecule has 2 amide bonds. The van der Waals surface area contributed by atoms with Crippen molar-refractivity contribution in [3.8, 4) is 5.75 Å². The van der Waals surface area contributed by atoms with Crippen LogP contribution < -0.4 is 15.4 Å². The van der Waals surface area contributed by atoms with E-state index < -0.39 is 11.9 Å². The molecule has 31 heavy (non-hydrogen) atoms. The van der Waals surface area contributed by atoms with E-state index in [0.29, 0.717) is 27.7 Å². The predicted octanol–water partition coefficient (Wildman–Crippen LogP) is 4.40. The van der Waals surface area contributed by atoms with Gasteiger partial charge >= 0.3 is 5.97 Å². The van der Waals surface area contributed by atoms with Gasteiger partial charge in [0.2, 0.25) is 0 Å². The molecule has 0 aliphatic rings. The first-order valence-electron chi connectivity index (χ1n) is 9.24. The summed E-state index contributed by atoms with van der Waals surface area (Å²) >= 11 is 5.99. The molecule has 0 fully saturated rings. The summed E-state index contributed by atoms with van der Waals surface area (Å²) in [5.74, 6) is -0.910. The molecule has 0 unspecified atom stereocenters. The summed E-state index contributed by atoms with van der Waals surface area (Å²) in [6.07, 6.45) is 0. The van der Waals surface area contributed by atoms with Gasteiger partial charge in [0.1, 0.15) is 5.75 Å². The van der Waals surface area contributed by atoms with E-state index in [2.05, 4.69) is 10.6 Å². The van der Waals surface area contributed by atoms with E-state index in [1.807, 2.05) is 0 Å². The van der Waals surface area contributed by atoms with Crippen molar-refractivity contribution >= 4 is 40.8 Å². The number of anilines is 2. The fourth-order valence-corrected chi connectivity index (χ4v) is 2.87. The van der Waals surface area contributed by atoms with Gasteiger partial charge in [-0.15, -0.1) is 0 Å². The highest BCUT2D eigenvalue weighted by Gasteiger charge is 2.14. The maximum atomic E-state index is 12.5. The zero-order valence-electron chi connectivity index (χ0n) is 16.6. The number of halogens is 1. The SMILES string of the molecule is COC(=O)c1ccccc1NC(=O)c1ccc(NC(=O)COc2ccccc2Cl)cc1. The van der Waals surface area contributed by atoms with Crippen molar-refractivity contribution < 1.29 is 23.9 Å². The lowest BCUT2D eigenvalue weighted by Crippen LogP contribution is -2.20. The Morgan fingerprint density at radius 3 is 2.26 bits per heavy atom. The fourth-order valence-electron chi connectivity index (χ4n) is 2.68. The van der Waals surface area contributed by atoms with Gasteiger partial charge < -0.3 is 20.1 Å². The minimum atomic E-state index is -0.548. The van der Waals surface area contributed by atoms with Crippen molar-refractivity contribution in [3.63, 3.8) is 0 Å². The smallest absolute Gasteiger partial charge is 0.339 e. The number of carbonyl (C=O) groups is 3. The van der Waals surface area contributed by atoms with Crippen LogP contribution in [-0.2, 0) is 9.53 Å². The third kappa shape index (κ3) is 5.83. The molecule has 3 rings (SSSR count). The first-order chi connectivity index (χ1) is 15.0. The van der Waals surface area contributed by atoms with Crippen LogP contribution in [0.2, 0.25) is 5.02 Å². The summed E-state index contributed by atoms with van der Waals surface area (Å²) in [7, 11) is 1.27. The van der Waals surface area contributed by atoms with E-state index in [0.717, 1.165) is 0 Å². The molecule has 0 saturated carbocycles. The second-order valence-corrected chi connectivity index (χ2v) is 6.74. The van der Waals surface area contributed by atoms with E-state index in [1.165, 1.54) is 7.11 Å². The van der Waals surface area contributed by atoms with Gasteiger partial charge in [0.25, 0.3) is 11.8 Å². The van der Waals surface area contributed by atoms with Crippen LogP contribution in [0.5, 0.6) is 5.75 Å². The number of nitrogens with one attached hydrogen (secondary N) is 2. The molecule has 2 N–H and O–H groups in total. The number of ether oxygens (including phenoxy) is 2. The standard InChI is InChI=1S/C23H19ClN2O5/c1-30-23(29)17-6-2-4-8-19(17)26-22(28)15-10-12-16(13-11-15)25-21(27)14-31-20-9-5-3-7-18(20)24/h2-13H,14H2,1H3,(H,25,27)(H,26,28). The van der Waals surface area contributed by atoms with Gasteiger partial charge in [0, 0.05) is 11.3 Å². The van der Waals surface area contributed by atoms with Crippen LogP contribution in [0.15, 0.2) is 72.8 Å². The monoisotopic (exact) mass is 438 g/mol. The number of carbonyl (C=O) groups excluding carboxylic acids is 3. The Labute approximate surface area is 183 Å². The third-order valence-electron chi connectivity index (χ3n) is 4.21. The third-order valence-corrected chi connectivity index (χ3v) is 4.52. The molecule has 158 valence electrons. The van der Waals surface area contributed by atoms with Crippen LogP contribution in [0.3, 0.4) is 0 Å². The number of esters is 1. The second-order valence-electron chi connectivity index (χ2n) is 6.34. The number of hydrogen-bond donors (Lipinski definition) is 2. The number of methoxy groups -OCH3 is 1. The zero-order chi connectivity index (χ0) is 22.2. The maximum absolute atomic E-state index is 12.5. The molecular formula is C23H19ClN2O5. The highest BCUT2D eigenvalue weighted by Crippen LogP contribution is 2.23. The summed E-state index contributed by atoms with van der Waals surface area (Å²) in [5.41, 5.74) is 1.44. The summed E-state index contributed by atoms with van der Waals surface area (Å²) in [6, 6.07) is 19.7. The van der Waals surface area contributed by atoms with Crippen molar-refractivity contribution in [1.29, 1.82) is 0 Å². The molecule has 0 aliphatic heterocycles. The number of rotatable bonds is 7. The average Bonchev–Trinajstić information content (AvgIpc) is 2.79. The Hall–Kier alpha value is -3.84. The molecule has 0 aromatic heterocycles. The second kappa shape index (κ2) is 10.3. The summed E-state index contributed by atoms with van der Waals surface area (Å²) in [6.45, 7) is -0.212. The first kappa shape index (κ1) is 21.9. The summed E-state index contributed by atoms with van der Waals surface area (Å²) < 4.78 is 10.1. The lowest BCUT2D eigenvalue weighted by Gasteiger charge is -2.11. The fraction of sp³-hybridized carbons (Fsp3) is 0.0870. The minimum Gasteiger partial charge on any atom is -0.482 e. The maximum Gasteiger partial charge on any atom is 0.339 e. The molecule has 0 heterocycles. The quantitative estimate of drug-likeness (QED) is 0.533. The van der Waals surface area contributed by atoms with E-state index in [4.69, 9.17) is 21.1 Å². The Kier molecular flexibility index (Phi) is 7.24. The highest BCUT2D eigenvalue weighted by atomic mass is 35.5. The molecule has 0 bridgehead atoms. The number of amides is 2. The molecule has 8 heteroatoms. The average molecular weight is 439 g/mol. The molecule has 3 aromatic rings. The van der Waals surface area contributed by atoms with E-state index in [9.17, 15) is 14.4 Å². The van der Waals surface area contributed by atoms with Crippen molar-refractivity contribution in [3.05, 3.63) is 88.9 Å². The molecule has 0 saturated heterocycles. The van der Waals surface area contributed by atoms with Crippen LogP contribution in [0.4, 0.5) is 11.4 Å². The van der Waals surface area contributed by atoms with Gasteiger partial charge in [-0.25, -0.2) is 4.79 Å². The lowest BCUT2D eigenvalue weighted by atomic mass is 10.1. The van der Waals surface area contributed by atoms with Gasteiger partial charge in [-0.2, -0.15) is 0 Å². The first-order valence-corrected chi connectivity index (χ1v) is 9.61. The number of para-hydroxylation sites is 2. The molecule has 0 atom stereocenters. The lowest BCUT2D eigenvalue weighted by molar-refractivity contribution is -0.118. The normalized spacial score (nSPS) is 10.1. The largest absolute Gasteiger partial charge is 0.482 e. The Morgan fingerprint density at radius 2 is 1.55 bits per heavy atom. The van der Waals surface area contributed by atoms with Gasteiger partial charge in [0.05, 0.1) is 23.4 Å².